The lowest BCUT2D eigenvalue weighted by Crippen LogP contribution is -1.93. The van der Waals surface area contributed by atoms with Crippen LogP contribution in [-0.4, -0.2) is 28.8 Å². The number of benzene rings is 4. The molecule has 0 spiro atoms. The zero-order valence-corrected chi connectivity index (χ0v) is 49.6. The minimum absolute atomic E-state index is 1.20. The SMILES string of the molecule is CCCCCCCCSc1cc2c(cc1SC=C(C)C)c1cc(SCCCCCCCC)c(SCCCCCCCC)cc1c1cc(SCCCCCCCC)c(SCCCCCCCC)cc21. The van der Waals surface area contributed by atoms with Crippen molar-refractivity contribution in [3.8, 4) is 0 Å². The number of hydrogen-bond acceptors (Lipinski definition) is 6. The first-order chi connectivity index (χ1) is 33.4. The van der Waals surface area contributed by atoms with Gasteiger partial charge >= 0.3 is 0 Å². The van der Waals surface area contributed by atoms with Crippen molar-refractivity contribution in [3.63, 3.8) is 0 Å². The monoisotopic (exact) mass is 1030 g/mol. The van der Waals surface area contributed by atoms with E-state index in [0.29, 0.717) is 0 Å². The van der Waals surface area contributed by atoms with Crippen molar-refractivity contribution in [1.29, 1.82) is 0 Å². The molecule has 68 heavy (non-hydrogen) atoms. The van der Waals surface area contributed by atoms with Crippen LogP contribution in [0.4, 0.5) is 0 Å². The van der Waals surface area contributed by atoms with E-state index < -0.39 is 0 Å². The summed E-state index contributed by atoms with van der Waals surface area (Å²) in [5.74, 6) is 6.07. The molecule has 0 aliphatic carbocycles. The topological polar surface area (TPSA) is 0 Å². The lowest BCUT2D eigenvalue weighted by molar-refractivity contribution is 0.626. The average molecular weight is 1040 g/mol. The van der Waals surface area contributed by atoms with Gasteiger partial charge in [0.05, 0.1) is 0 Å². The van der Waals surface area contributed by atoms with Crippen LogP contribution < -0.4 is 0 Å². The van der Waals surface area contributed by atoms with Crippen LogP contribution in [0.2, 0.25) is 0 Å². The fourth-order valence-corrected chi connectivity index (χ4v) is 15.8. The van der Waals surface area contributed by atoms with E-state index in [-0.39, 0.29) is 0 Å². The van der Waals surface area contributed by atoms with Gasteiger partial charge in [0.1, 0.15) is 0 Å². The zero-order valence-electron chi connectivity index (χ0n) is 44.7. The third-order valence-electron chi connectivity index (χ3n) is 13.3. The Morgan fingerprint density at radius 2 is 0.471 bits per heavy atom. The Bertz CT molecular complexity index is 1920. The van der Waals surface area contributed by atoms with Crippen LogP contribution in [0.25, 0.3) is 32.3 Å². The van der Waals surface area contributed by atoms with E-state index in [2.05, 4.69) is 149 Å². The summed E-state index contributed by atoms with van der Waals surface area (Å²) in [4.78, 5) is 9.00. The molecule has 0 aliphatic heterocycles. The molecular weight excluding hydrogens is 937 g/mol. The van der Waals surface area contributed by atoms with E-state index in [1.807, 2.05) is 11.8 Å². The van der Waals surface area contributed by atoms with E-state index in [0.717, 1.165) is 0 Å². The average Bonchev–Trinajstić information content (AvgIpc) is 3.34. The van der Waals surface area contributed by atoms with Crippen molar-refractivity contribution < 1.29 is 0 Å². The van der Waals surface area contributed by atoms with Gasteiger partial charge in [0.2, 0.25) is 0 Å². The maximum absolute atomic E-state index is 2.68. The van der Waals surface area contributed by atoms with Gasteiger partial charge in [-0.3, -0.25) is 0 Å². The third kappa shape index (κ3) is 22.7. The highest BCUT2D eigenvalue weighted by Crippen LogP contribution is 2.48. The number of rotatable bonds is 42. The normalized spacial score (nSPS) is 11.8. The van der Waals surface area contributed by atoms with Gasteiger partial charge in [0.25, 0.3) is 0 Å². The lowest BCUT2D eigenvalue weighted by atomic mass is 9.94. The van der Waals surface area contributed by atoms with Crippen LogP contribution >= 0.6 is 70.6 Å². The van der Waals surface area contributed by atoms with Crippen molar-refractivity contribution in [1.82, 2.24) is 0 Å². The summed E-state index contributed by atoms with van der Waals surface area (Å²) < 4.78 is 0. The summed E-state index contributed by atoms with van der Waals surface area (Å²) in [7, 11) is 0. The number of fused-ring (bicyclic) bond motifs is 6. The molecule has 4 aromatic rings. The van der Waals surface area contributed by atoms with E-state index in [1.165, 1.54) is 289 Å². The third-order valence-corrected chi connectivity index (χ3v) is 20.6. The standard InChI is InChI=1S/C62H98S6/c1-8-13-18-23-28-33-38-63-57-43-51-52-44-58(64-39-34-29-24-19-14-9-2)60(66-41-36-31-26-21-16-11-4)46-54(52)56-48-62(68-49-50(6)7)61(67-42-37-32-27-22-17-12-5)47-55(56)53(51)45-59(57)65-40-35-30-25-20-15-10-3/h43-49H,8-42H2,1-7H3. The quantitative estimate of drug-likeness (QED) is 0.0245. The Morgan fingerprint density at radius 1 is 0.279 bits per heavy atom. The van der Waals surface area contributed by atoms with Gasteiger partial charge in [0.15, 0.2) is 0 Å². The summed E-state index contributed by atoms with van der Waals surface area (Å²) in [6.45, 7) is 16.2. The van der Waals surface area contributed by atoms with Crippen LogP contribution in [-0.2, 0) is 0 Å². The molecule has 0 radical (unpaired) electrons. The van der Waals surface area contributed by atoms with Crippen LogP contribution in [0.15, 0.2) is 76.8 Å². The summed E-state index contributed by atoms with van der Waals surface area (Å²) in [6, 6.07) is 16.0. The minimum Gasteiger partial charge on any atom is -0.125 e. The Kier molecular flexibility index (Phi) is 33.7. The molecule has 382 valence electrons. The Morgan fingerprint density at radius 3 is 0.691 bits per heavy atom. The van der Waals surface area contributed by atoms with Crippen molar-refractivity contribution >= 4 is 103 Å². The van der Waals surface area contributed by atoms with Crippen LogP contribution in [0.5, 0.6) is 0 Å². The summed E-state index contributed by atoms with van der Waals surface area (Å²) in [5, 5.41) is 11.2. The second-order valence-electron chi connectivity index (χ2n) is 19.9. The first kappa shape index (κ1) is 60.1. The van der Waals surface area contributed by atoms with Crippen LogP contribution in [0.1, 0.15) is 241 Å². The summed E-state index contributed by atoms with van der Waals surface area (Å²) in [6.07, 6.45) is 40.7. The van der Waals surface area contributed by atoms with Gasteiger partial charge in [0, 0.05) is 29.4 Å². The first-order valence-electron chi connectivity index (χ1n) is 28.4. The van der Waals surface area contributed by atoms with Crippen LogP contribution in [0.3, 0.4) is 0 Å². The smallest absolute Gasteiger partial charge is 0.0258 e. The Hall–Kier alpha value is -0.500. The van der Waals surface area contributed by atoms with E-state index in [9.17, 15) is 0 Å². The molecule has 0 saturated carbocycles. The van der Waals surface area contributed by atoms with Gasteiger partial charge in [-0.25, -0.2) is 0 Å². The molecule has 0 aromatic heterocycles. The highest BCUT2D eigenvalue weighted by Gasteiger charge is 2.19. The summed E-state index contributed by atoms with van der Waals surface area (Å²) >= 11 is 12.7. The van der Waals surface area contributed by atoms with Crippen LogP contribution in [0, 0.1) is 0 Å². The highest BCUT2D eigenvalue weighted by molar-refractivity contribution is 8.04. The molecule has 0 amide bonds. The molecule has 6 heteroatoms. The minimum atomic E-state index is 1.20. The zero-order chi connectivity index (χ0) is 48.4. The van der Waals surface area contributed by atoms with Gasteiger partial charge in [-0.2, -0.15) is 0 Å². The van der Waals surface area contributed by atoms with Crippen molar-refractivity contribution in [2.24, 2.45) is 0 Å². The number of allylic oxidation sites excluding steroid dienone is 1. The number of unbranched alkanes of at least 4 members (excludes halogenated alkanes) is 25. The number of hydrogen-bond donors (Lipinski definition) is 0. The van der Waals surface area contributed by atoms with Gasteiger partial charge in [-0.05, 0) is 149 Å². The molecule has 0 fully saturated rings. The Balaban J connectivity index is 1.88. The first-order valence-corrected chi connectivity index (χ1v) is 34.2. The van der Waals surface area contributed by atoms with Crippen molar-refractivity contribution in [2.75, 3.05) is 28.8 Å². The summed E-state index contributed by atoms with van der Waals surface area (Å²) in [5.41, 5.74) is 1.38. The molecule has 0 atom stereocenters. The van der Waals surface area contributed by atoms with Gasteiger partial charge in [-0.1, -0.05) is 212 Å². The highest BCUT2D eigenvalue weighted by atomic mass is 32.2. The molecule has 0 nitrogen and oxygen atoms in total. The molecule has 0 aliphatic rings. The van der Waals surface area contributed by atoms with E-state index in [1.54, 1.807) is 0 Å². The van der Waals surface area contributed by atoms with E-state index in [4.69, 9.17) is 0 Å². The maximum atomic E-state index is 2.68. The maximum Gasteiger partial charge on any atom is 0.0258 e. The predicted molar refractivity (Wildman–Crippen MR) is 325 cm³/mol. The molecule has 4 rings (SSSR count). The fraction of sp³-hybridized carbons (Fsp3) is 0.677. The molecule has 0 unspecified atom stereocenters. The van der Waals surface area contributed by atoms with Crippen molar-refractivity contribution in [3.05, 3.63) is 47.4 Å². The molecule has 0 saturated heterocycles. The van der Waals surface area contributed by atoms with E-state index >= 15 is 0 Å². The molecule has 0 N–H and O–H groups in total. The molecule has 0 heterocycles. The Labute approximate surface area is 446 Å². The lowest BCUT2D eigenvalue weighted by Gasteiger charge is -2.19. The van der Waals surface area contributed by atoms with Gasteiger partial charge in [-0.15, -0.1) is 58.8 Å². The largest absolute Gasteiger partial charge is 0.125 e. The molecule has 4 aromatic carbocycles. The molecular formula is C62H98S6. The second-order valence-corrected chi connectivity index (χ2v) is 26.5. The fourth-order valence-electron chi connectivity index (χ4n) is 9.18. The van der Waals surface area contributed by atoms with Gasteiger partial charge < -0.3 is 0 Å². The molecule has 0 bridgehead atoms. The predicted octanol–water partition coefficient (Wildman–Crippen LogP) is 24.4. The van der Waals surface area contributed by atoms with Crippen molar-refractivity contribution in [2.45, 2.75) is 270 Å². The number of thioether (sulfide) groups is 6. The second kappa shape index (κ2) is 38.1.